The van der Waals surface area contributed by atoms with Gasteiger partial charge in [0.25, 0.3) is 0 Å². The Kier molecular flexibility index (Phi) is 2.33. The van der Waals surface area contributed by atoms with E-state index in [0.29, 0.717) is 11.2 Å². The molecule has 1 rings (SSSR count). The van der Waals surface area contributed by atoms with Gasteiger partial charge in [0.2, 0.25) is 0 Å². The zero-order valence-corrected chi connectivity index (χ0v) is 8.74. The van der Waals surface area contributed by atoms with Crippen molar-refractivity contribution < 1.29 is 4.79 Å². The molecule has 0 amide bonds. The SMILES string of the molecule is CC1(C)CCC(=O)C(C)(C)CC1. The number of hydrogen-bond acceptors (Lipinski definition) is 1. The Morgan fingerprint density at radius 2 is 1.58 bits per heavy atom. The third kappa shape index (κ3) is 2.09. The minimum absolute atomic E-state index is 0.0617. The lowest BCUT2D eigenvalue weighted by Gasteiger charge is -2.23. The van der Waals surface area contributed by atoms with Crippen molar-refractivity contribution in [2.24, 2.45) is 10.8 Å². The molecular weight excluding hydrogens is 148 g/mol. The number of carbonyl (C=O) groups is 1. The van der Waals surface area contributed by atoms with Crippen LogP contribution in [0.4, 0.5) is 0 Å². The Hall–Kier alpha value is -0.330. The van der Waals surface area contributed by atoms with Gasteiger partial charge in [0.1, 0.15) is 5.78 Å². The minimum atomic E-state index is -0.0617. The van der Waals surface area contributed by atoms with Crippen LogP contribution in [-0.2, 0) is 4.79 Å². The van der Waals surface area contributed by atoms with Crippen molar-refractivity contribution in [3.63, 3.8) is 0 Å². The highest BCUT2D eigenvalue weighted by Crippen LogP contribution is 2.39. The van der Waals surface area contributed by atoms with Gasteiger partial charge in [0, 0.05) is 11.8 Å². The van der Waals surface area contributed by atoms with Gasteiger partial charge in [0.05, 0.1) is 0 Å². The lowest BCUT2D eigenvalue weighted by atomic mass is 9.81. The van der Waals surface area contributed by atoms with Crippen molar-refractivity contribution in [2.45, 2.75) is 53.4 Å². The highest BCUT2D eigenvalue weighted by atomic mass is 16.1. The van der Waals surface area contributed by atoms with Crippen LogP contribution in [-0.4, -0.2) is 5.78 Å². The summed E-state index contributed by atoms with van der Waals surface area (Å²) in [5, 5.41) is 0. The first-order valence-corrected chi connectivity index (χ1v) is 4.87. The van der Waals surface area contributed by atoms with Crippen LogP contribution < -0.4 is 0 Å². The van der Waals surface area contributed by atoms with E-state index in [1.165, 1.54) is 6.42 Å². The molecular formula is C11H20O. The maximum atomic E-state index is 11.6. The predicted octanol–water partition coefficient (Wildman–Crippen LogP) is 3.18. The topological polar surface area (TPSA) is 17.1 Å². The molecule has 0 bridgehead atoms. The normalized spacial score (nSPS) is 28.2. The average Bonchev–Trinajstić information content (AvgIpc) is 2.03. The lowest BCUT2D eigenvalue weighted by Crippen LogP contribution is -2.21. The van der Waals surface area contributed by atoms with E-state index in [0.717, 1.165) is 19.3 Å². The Balaban J connectivity index is 2.73. The standard InChI is InChI=1S/C11H20O/c1-10(2)6-5-9(12)11(3,4)8-7-10/h5-8H2,1-4H3. The maximum absolute atomic E-state index is 11.6. The van der Waals surface area contributed by atoms with Crippen LogP contribution in [0.25, 0.3) is 0 Å². The molecule has 12 heavy (non-hydrogen) atoms. The second-order valence-corrected chi connectivity index (χ2v) is 5.47. The van der Waals surface area contributed by atoms with E-state index in [4.69, 9.17) is 0 Å². The van der Waals surface area contributed by atoms with Crippen molar-refractivity contribution in [1.82, 2.24) is 0 Å². The van der Waals surface area contributed by atoms with Crippen molar-refractivity contribution in [3.05, 3.63) is 0 Å². The quantitative estimate of drug-likeness (QED) is 0.508. The molecule has 0 aromatic heterocycles. The molecule has 1 heteroatoms. The fraction of sp³-hybridized carbons (Fsp3) is 0.909. The molecule has 1 nitrogen and oxygen atoms in total. The number of ketones is 1. The van der Waals surface area contributed by atoms with E-state index >= 15 is 0 Å². The van der Waals surface area contributed by atoms with Crippen molar-refractivity contribution in [1.29, 1.82) is 0 Å². The fourth-order valence-electron chi connectivity index (χ4n) is 1.71. The summed E-state index contributed by atoms with van der Waals surface area (Å²) in [5.41, 5.74) is 0.317. The van der Waals surface area contributed by atoms with E-state index in [-0.39, 0.29) is 5.41 Å². The summed E-state index contributed by atoms with van der Waals surface area (Å²) in [4.78, 5) is 11.6. The van der Waals surface area contributed by atoms with Gasteiger partial charge in [-0.15, -0.1) is 0 Å². The van der Waals surface area contributed by atoms with E-state index < -0.39 is 0 Å². The summed E-state index contributed by atoms with van der Waals surface area (Å²) in [6, 6.07) is 0. The van der Waals surface area contributed by atoms with Gasteiger partial charge in [-0.25, -0.2) is 0 Å². The molecule has 0 N–H and O–H groups in total. The fourth-order valence-corrected chi connectivity index (χ4v) is 1.71. The minimum Gasteiger partial charge on any atom is -0.299 e. The van der Waals surface area contributed by atoms with Gasteiger partial charge < -0.3 is 0 Å². The van der Waals surface area contributed by atoms with E-state index in [2.05, 4.69) is 27.7 Å². The van der Waals surface area contributed by atoms with Crippen LogP contribution in [0.2, 0.25) is 0 Å². The van der Waals surface area contributed by atoms with Crippen LogP contribution in [0.15, 0.2) is 0 Å². The Morgan fingerprint density at radius 3 is 2.17 bits per heavy atom. The van der Waals surface area contributed by atoms with Crippen LogP contribution in [0, 0.1) is 10.8 Å². The highest BCUT2D eigenvalue weighted by Gasteiger charge is 2.34. The van der Waals surface area contributed by atoms with Gasteiger partial charge >= 0.3 is 0 Å². The predicted molar refractivity (Wildman–Crippen MR) is 51.0 cm³/mol. The van der Waals surface area contributed by atoms with Gasteiger partial charge in [-0.1, -0.05) is 27.7 Å². The lowest BCUT2D eigenvalue weighted by molar-refractivity contribution is -0.126. The third-order valence-corrected chi connectivity index (χ3v) is 3.21. The van der Waals surface area contributed by atoms with Crippen molar-refractivity contribution in [3.8, 4) is 0 Å². The molecule has 0 aromatic rings. The van der Waals surface area contributed by atoms with E-state index in [1.54, 1.807) is 0 Å². The molecule has 0 radical (unpaired) electrons. The Morgan fingerprint density at radius 1 is 1.00 bits per heavy atom. The number of hydrogen-bond donors (Lipinski definition) is 0. The number of carbonyl (C=O) groups excluding carboxylic acids is 1. The van der Waals surface area contributed by atoms with Crippen LogP contribution in [0.5, 0.6) is 0 Å². The zero-order valence-electron chi connectivity index (χ0n) is 8.74. The molecule has 0 atom stereocenters. The number of Topliss-reactive ketones (excluding diaryl/α,β-unsaturated/α-hetero) is 1. The molecule has 1 saturated carbocycles. The Labute approximate surface area is 75.5 Å². The Bertz CT molecular complexity index is 189. The summed E-state index contributed by atoms with van der Waals surface area (Å²) in [6.07, 6.45) is 4.08. The maximum Gasteiger partial charge on any atom is 0.138 e. The first kappa shape index (κ1) is 9.76. The second-order valence-electron chi connectivity index (χ2n) is 5.47. The summed E-state index contributed by atoms with van der Waals surface area (Å²) in [5.74, 6) is 0.452. The first-order valence-electron chi connectivity index (χ1n) is 4.87. The summed E-state index contributed by atoms with van der Waals surface area (Å²) in [7, 11) is 0. The molecule has 1 aliphatic carbocycles. The highest BCUT2D eigenvalue weighted by molar-refractivity contribution is 5.84. The van der Waals surface area contributed by atoms with Crippen LogP contribution in [0.3, 0.4) is 0 Å². The van der Waals surface area contributed by atoms with Crippen LogP contribution >= 0.6 is 0 Å². The van der Waals surface area contributed by atoms with Gasteiger partial charge in [-0.05, 0) is 24.7 Å². The molecule has 0 heterocycles. The van der Waals surface area contributed by atoms with Crippen molar-refractivity contribution in [2.75, 3.05) is 0 Å². The molecule has 70 valence electrons. The van der Waals surface area contributed by atoms with E-state index in [1.807, 2.05) is 0 Å². The molecule has 1 fully saturated rings. The second kappa shape index (κ2) is 2.86. The van der Waals surface area contributed by atoms with Crippen molar-refractivity contribution >= 4 is 5.78 Å². The zero-order chi connectivity index (χ0) is 9.41. The van der Waals surface area contributed by atoms with Crippen LogP contribution in [0.1, 0.15) is 53.4 Å². The molecule has 0 aromatic carbocycles. The molecule has 1 aliphatic rings. The van der Waals surface area contributed by atoms with Gasteiger partial charge in [0.15, 0.2) is 0 Å². The largest absolute Gasteiger partial charge is 0.299 e. The molecule has 0 unspecified atom stereocenters. The molecule has 0 saturated heterocycles. The number of rotatable bonds is 0. The summed E-state index contributed by atoms with van der Waals surface area (Å²) >= 11 is 0. The molecule has 0 spiro atoms. The molecule has 0 aliphatic heterocycles. The first-order chi connectivity index (χ1) is 5.33. The third-order valence-electron chi connectivity index (χ3n) is 3.21. The van der Waals surface area contributed by atoms with Gasteiger partial charge in [-0.2, -0.15) is 0 Å². The van der Waals surface area contributed by atoms with Gasteiger partial charge in [-0.3, -0.25) is 4.79 Å². The summed E-state index contributed by atoms with van der Waals surface area (Å²) < 4.78 is 0. The average molecular weight is 168 g/mol. The van der Waals surface area contributed by atoms with E-state index in [9.17, 15) is 4.79 Å². The summed E-state index contributed by atoms with van der Waals surface area (Å²) in [6.45, 7) is 8.69. The smallest absolute Gasteiger partial charge is 0.138 e. The monoisotopic (exact) mass is 168 g/mol.